The quantitative estimate of drug-likeness (QED) is 0.358. The van der Waals surface area contributed by atoms with Crippen molar-refractivity contribution in [1.29, 1.82) is 0 Å². The second-order valence-corrected chi connectivity index (χ2v) is 8.03. The Labute approximate surface area is 191 Å². The third kappa shape index (κ3) is 6.81. The lowest BCUT2D eigenvalue weighted by atomic mass is 9.98. The maximum Gasteiger partial charge on any atom is 0.341 e. The molecular weight excluding hydrogens is 432 g/mol. The van der Waals surface area contributed by atoms with E-state index in [1.807, 2.05) is 43.3 Å². The van der Waals surface area contributed by atoms with Gasteiger partial charge in [0.15, 0.2) is 6.61 Å². The van der Waals surface area contributed by atoms with Gasteiger partial charge in [-0.3, -0.25) is 0 Å². The van der Waals surface area contributed by atoms with Crippen LogP contribution in [0.1, 0.15) is 18.1 Å². The summed E-state index contributed by atoms with van der Waals surface area (Å²) >= 11 is 7.87. The van der Waals surface area contributed by atoms with Crippen LogP contribution in [-0.2, 0) is 4.79 Å². The number of benzene rings is 3. The molecule has 1 N–H and O–H groups in total. The number of hydrogen-bond donors (Lipinski definition) is 1. The lowest BCUT2D eigenvalue weighted by Crippen LogP contribution is -2.09. The van der Waals surface area contributed by atoms with E-state index in [4.69, 9.17) is 26.2 Å². The minimum Gasteiger partial charge on any atom is -0.494 e. The van der Waals surface area contributed by atoms with E-state index in [1.165, 1.54) is 0 Å². The molecule has 0 amide bonds. The summed E-state index contributed by atoms with van der Waals surface area (Å²) in [5, 5.41) is 9.13. The van der Waals surface area contributed by atoms with Crippen molar-refractivity contribution in [2.24, 2.45) is 0 Å². The van der Waals surface area contributed by atoms with Gasteiger partial charge in [-0.05, 0) is 54.0 Å². The van der Waals surface area contributed by atoms with Crippen LogP contribution < -0.4 is 9.47 Å². The molecule has 160 valence electrons. The van der Waals surface area contributed by atoms with E-state index in [-0.39, 0.29) is 0 Å². The number of hydrogen-bond acceptors (Lipinski definition) is 4. The monoisotopic (exact) mass is 454 g/mol. The molecule has 0 saturated heterocycles. The molecule has 0 heterocycles. The topological polar surface area (TPSA) is 55.8 Å². The van der Waals surface area contributed by atoms with Gasteiger partial charge in [0.1, 0.15) is 11.5 Å². The zero-order valence-corrected chi connectivity index (χ0v) is 18.7. The second kappa shape index (κ2) is 11.5. The van der Waals surface area contributed by atoms with Crippen molar-refractivity contribution < 1.29 is 19.4 Å². The lowest BCUT2D eigenvalue weighted by Gasteiger charge is -2.11. The third-order valence-corrected chi connectivity index (χ3v) is 5.55. The van der Waals surface area contributed by atoms with Gasteiger partial charge in [-0.1, -0.05) is 60.1 Å². The number of halogens is 1. The van der Waals surface area contributed by atoms with Crippen molar-refractivity contribution >= 4 is 34.9 Å². The molecule has 0 unspecified atom stereocenters. The SMILES string of the molecule is CCOc1cccc(C(=CCSc2ccc(OCC(=O)O)c(Cl)c2)c2ccccc2)c1. The first-order valence-electron chi connectivity index (χ1n) is 9.82. The first-order chi connectivity index (χ1) is 15.1. The van der Waals surface area contributed by atoms with Crippen molar-refractivity contribution in [3.05, 3.63) is 95.0 Å². The summed E-state index contributed by atoms with van der Waals surface area (Å²) in [6, 6.07) is 23.7. The summed E-state index contributed by atoms with van der Waals surface area (Å²) in [5.41, 5.74) is 3.35. The van der Waals surface area contributed by atoms with Crippen molar-refractivity contribution in [1.82, 2.24) is 0 Å². The van der Waals surface area contributed by atoms with Crippen LogP contribution in [0.4, 0.5) is 0 Å². The van der Waals surface area contributed by atoms with Crippen LogP contribution in [0.15, 0.2) is 83.8 Å². The zero-order chi connectivity index (χ0) is 22.1. The molecule has 6 heteroatoms. The molecule has 0 aromatic heterocycles. The van der Waals surface area contributed by atoms with Gasteiger partial charge < -0.3 is 14.6 Å². The molecule has 0 aliphatic heterocycles. The summed E-state index contributed by atoms with van der Waals surface area (Å²) in [6.07, 6.45) is 2.19. The molecule has 3 aromatic carbocycles. The summed E-state index contributed by atoms with van der Waals surface area (Å²) < 4.78 is 10.8. The van der Waals surface area contributed by atoms with E-state index >= 15 is 0 Å². The van der Waals surface area contributed by atoms with Crippen LogP contribution in [0, 0.1) is 0 Å². The van der Waals surface area contributed by atoms with E-state index in [0.29, 0.717) is 17.4 Å². The summed E-state index contributed by atoms with van der Waals surface area (Å²) in [7, 11) is 0. The first kappa shape index (κ1) is 22.8. The molecule has 31 heavy (non-hydrogen) atoms. The van der Waals surface area contributed by atoms with Gasteiger partial charge in [0.25, 0.3) is 0 Å². The predicted molar refractivity (Wildman–Crippen MR) is 126 cm³/mol. The number of carbonyl (C=O) groups is 1. The first-order valence-corrected chi connectivity index (χ1v) is 11.2. The van der Waals surface area contributed by atoms with Gasteiger partial charge in [0.2, 0.25) is 0 Å². The number of aliphatic carboxylic acids is 1. The molecule has 0 atom stereocenters. The Hall–Kier alpha value is -2.89. The molecule has 4 nitrogen and oxygen atoms in total. The molecule has 0 saturated carbocycles. The molecular formula is C25H23ClO4S. The molecule has 0 aliphatic rings. The van der Waals surface area contributed by atoms with Gasteiger partial charge >= 0.3 is 5.97 Å². The standard InChI is InChI=1S/C25H23ClO4S/c1-2-29-20-10-6-9-19(15-20)22(18-7-4-3-5-8-18)13-14-31-21-11-12-24(23(26)16-21)30-17-25(27)28/h3-13,15-16H,2,14,17H2,1H3,(H,27,28). The molecule has 0 bridgehead atoms. The Morgan fingerprint density at radius 3 is 2.48 bits per heavy atom. The highest BCUT2D eigenvalue weighted by Gasteiger charge is 2.08. The van der Waals surface area contributed by atoms with E-state index < -0.39 is 12.6 Å². The number of rotatable bonds is 10. The zero-order valence-electron chi connectivity index (χ0n) is 17.1. The Morgan fingerprint density at radius 2 is 1.77 bits per heavy atom. The van der Waals surface area contributed by atoms with Crippen LogP contribution in [0.3, 0.4) is 0 Å². The number of carboxylic acid groups (broad SMARTS) is 1. The Balaban J connectivity index is 1.78. The fourth-order valence-corrected chi connectivity index (χ4v) is 4.10. The summed E-state index contributed by atoms with van der Waals surface area (Å²) in [6.45, 7) is 2.17. The van der Waals surface area contributed by atoms with Gasteiger partial charge in [-0.15, -0.1) is 11.8 Å². The van der Waals surface area contributed by atoms with Crippen LogP contribution in [0.25, 0.3) is 5.57 Å². The molecule has 0 fully saturated rings. The third-order valence-electron chi connectivity index (χ3n) is 4.33. The highest BCUT2D eigenvalue weighted by molar-refractivity contribution is 7.99. The average Bonchev–Trinajstić information content (AvgIpc) is 2.77. The van der Waals surface area contributed by atoms with Crippen LogP contribution >= 0.6 is 23.4 Å². The second-order valence-electron chi connectivity index (χ2n) is 6.53. The van der Waals surface area contributed by atoms with E-state index in [1.54, 1.807) is 23.9 Å². The molecule has 0 aliphatic carbocycles. The van der Waals surface area contributed by atoms with Crippen LogP contribution in [0.2, 0.25) is 5.02 Å². The largest absolute Gasteiger partial charge is 0.494 e. The minimum absolute atomic E-state index is 0.363. The van der Waals surface area contributed by atoms with Crippen molar-refractivity contribution in [3.8, 4) is 11.5 Å². The van der Waals surface area contributed by atoms with Crippen molar-refractivity contribution in [2.45, 2.75) is 11.8 Å². The fourth-order valence-electron chi connectivity index (χ4n) is 2.99. The Kier molecular flexibility index (Phi) is 8.44. The van der Waals surface area contributed by atoms with Crippen molar-refractivity contribution in [3.63, 3.8) is 0 Å². The highest BCUT2D eigenvalue weighted by atomic mass is 35.5. The molecule has 0 radical (unpaired) electrons. The number of carboxylic acids is 1. The molecule has 3 rings (SSSR count). The van der Waals surface area contributed by atoms with E-state index in [9.17, 15) is 4.79 Å². The maximum atomic E-state index is 10.7. The molecule has 3 aromatic rings. The van der Waals surface area contributed by atoms with Gasteiger partial charge in [0, 0.05) is 10.6 Å². The molecule has 0 spiro atoms. The maximum absolute atomic E-state index is 10.7. The Morgan fingerprint density at radius 1 is 1.00 bits per heavy atom. The fraction of sp³-hybridized carbons (Fsp3) is 0.160. The number of ether oxygens (including phenoxy) is 2. The lowest BCUT2D eigenvalue weighted by molar-refractivity contribution is -0.139. The van der Waals surface area contributed by atoms with Gasteiger partial charge in [-0.2, -0.15) is 0 Å². The normalized spacial score (nSPS) is 11.2. The van der Waals surface area contributed by atoms with E-state index in [2.05, 4.69) is 30.3 Å². The Bertz CT molecular complexity index is 1050. The average molecular weight is 455 g/mol. The highest BCUT2D eigenvalue weighted by Crippen LogP contribution is 2.32. The van der Waals surface area contributed by atoms with E-state index in [0.717, 1.165) is 33.1 Å². The number of thioether (sulfide) groups is 1. The van der Waals surface area contributed by atoms with Crippen molar-refractivity contribution in [2.75, 3.05) is 19.0 Å². The van der Waals surface area contributed by atoms with Crippen LogP contribution in [0.5, 0.6) is 11.5 Å². The minimum atomic E-state index is -1.04. The van der Waals surface area contributed by atoms with Crippen LogP contribution in [-0.4, -0.2) is 30.0 Å². The summed E-state index contributed by atoms with van der Waals surface area (Å²) in [5.74, 6) is 0.899. The predicted octanol–water partition coefficient (Wildman–Crippen LogP) is 6.43. The smallest absolute Gasteiger partial charge is 0.341 e. The van der Waals surface area contributed by atoms with Gasteiger partial charge in [0.05, 0.1) is 11.6 Å². The summed E-state index contributed by atoms with van der Waals surface area (Å²) in [4.78, 5) is 11.6. The van der Waals surface area contributed by atoms with Gasteiger partial charge in [-0.25, -0.2) is 4.79 Å².